The van der Waals surface area contributed by atoms with Gasteiger partial charge >= 0.3 is 0 Å². The Labute approximate surface area is 159 Å². The van der Waals surface area contributed by atoms with Gasteiger partial charge in [0.1, 0.15) is 5.82 Å². The van der Waals surface area contributed by atoms with Crippen LogP contribution in [0.4, 0.5) is 4.39 Å². The summed E-state index contributed by atoms with van der Waals surface area (Å²) in [4.78, 5) is 19.8. The van der Waals surface area contributed by atoms with E-state index in [-0.39, 0.29) is 23.9 Å². The highest BCUT2D eigenvalue weighted by Gasteiger charge is 2.39. The van der Waals surface area contributed by atoms with Gasteiger partial charge < -0.3 is 9.64 Å². The number of nitrogens with zero attached hydrogens (tertiary/aromatic N) is 2. The van der Waals surface area contributed by atoms with E-state index >= 15 is 0 Å². The summed E-state index contributed by atoms with van der Waals surface area (Å²) in [5, 5.41) is 0.714. The number of carbonyl (C=O) groups is 1. The summed E-state index contributed by atoms with van der Waals surface area (Å²) < 4.78 is 19.9. The molecule has 0 spiro atoms. The van der Waals surface area contributed by atoms with Crippen LogP contribution in [-0.2, 0) is 4.74 Å². The van der Waals surface area contributed by atoms with E-state index in [1.54, 1.807) is 6.07 Å². The van der Waals surface area contributed by atoms with Crippen molar-refractivity contribution < 1.29 is 13.9 Å². The molecule has 0 bridgehead atoms. The van der Waals surface area contributed by atoms with E-state index in [4.69, 9.17) is 4.74 Å². The molecule has 0 radical (unpaired) electrons. The van der Waals surface area contributed by atoms with Crippen LogP contribution in [0.2, 0.25) is 0 Å². The van der Waals surface area contributed by atoms with Crippen LogP contribution in [0, 0.1) is 18.7 Å². The van der Waals surface area contributed by atoms with Gasteiger partial charge in [-0.05, 0) is 50.3 Å². The van der Waals surface area contributed by atoms with E-state index < -0.39 is 0 Å². The minimum Gasteiger partial charge on any atom is -0.371 e. The highest BCUT2D eigenvalue weighted by molar-refractivity contribution is 6.06. The summed E-state index contributed by atoms with van der Waals surface area (Å²) in [5.74, 6) is 0.265. The second-order valence-electron chi connectivity index (χ2n) is 7.96. The molecule has 2 aliphatic rings. The number of fused-ring (bicyclic) bond motifs is 1. The standard InChI is InChI=1S/C22H27FN2O2/c1-3-4-5-17-12-25(13-21(27-17)15-6-7-15)22(26)19-10-14(2)24-20-11-16(23)8-9-18(19)20/h8-11,15,17,21H,3-7,12-13H2,1-2H3/t17-,21-/m1/s1. The van der Waals surface area contributed by atoms with E-state index in [0.29, 0.717) is 35.5 Å². The zero-order valence-corrected chi connectivity index (χ0v) is 16.1. The second-order valence-corrected chi connectivity index (χ2v) is 7.96. The molecule has 1 amide bonds. The van der Waals surface area contributed by atoms with Crippen molar-refractivity contribution >= 4 is 16.8 Å². The average molecular weight is 370 g/mol. The number of amides is 1. The number of aromatic nitrogens is 1. The van der Waals surface area contributed by atoms with Gasteiger partial charge in [-0.25, -0.2) is 4.39 Å². The van der Waals surface area contributed by atoms with E-state index in [0.717, 1.165) is 25.0 Å². The predicted octanol–water partition coefficient (Wildman–Crippen LogP) is 4.49. The Kier molecular flexibility index (Phi) is 5.13. The largest absolute Gasteiger partial charge is 0.371 e. The van der Waals surface area contributed by atoms with Gasteiger partial charge in [-0.1, -0.05) is 19.8 Å². The minimum atomic E-state index is -0.334. The average Bonchev–Trinajstić information content (AvgIpc) is 3.49. The molecular weight excluding hydrogens is 343 g/mol. The molecule has 2 aromatic rings. The van der Waals surface area contributed by atoms with Crippen LogP contribution in [0.3, 0.4) is 0 Å². The van der Waals surface area contributed by atoms with Gasteiger partial charge in [0.15, 0.2) is 0 Å². The number of aryl methyl sites for hydroxylation is 1. The number of unbranched alkanes of at least 4 members (excludes halogenated alkanes) is 1. The number of hydrogen-bond acceptors (Lipinski definition) is 3. The first-order valence-electron chi connectivity index (χ1n) is 10.1. The Balaban J connectivity index is 1.63. The fourth-order valence-electron chi connectivity index (χ4n) is 4.04. The number of pyridine rings is 1. The number of hydrogen-bond donors (Lipinski definition) is 0. The number of ether oxygens (including phenoxy) is 1. The summed E-state index contributed by atoms with van der Waals surface area (Å²) >= 11 is 0. The molecule has 1 aliphatic heterocycles. The molecule has 1 aromatic carbocycles. The lowest BCUT2D eigenvalue weighted by Gasteiger charge is -2.38. The molecule has 2 atom stereocenters. The molecule has 0 N–H and O–H groups in total. The topological polar surface area (TPSA) is 42.4 Å². The van der Waals surface area contributed by atoms with E-state index in [1.807, 2.05) is 17.9 Å². The zero-order valence-electron chi connectivity index (χ0n) is 16.1. The first-order chi connectivity index (χ1) is 13.0. The molecule has 4 rings (SSSR count). The Morgan fingerprint density at radius 1 is 1.30 bits per heavy atom. The lowest BCUT2D eigenvalue weighted by Crippen LogP contribution is -2.50. The molecule has 27 heavy (non-hydrogen) atoms. The zero-order chi connectivity index (χ0) is 19.0. The van der Waals surface area contributed by atoms with Gasteiger partial charge in [-0.3, -0.25) is 9.78 Å². The minimum absolute atomic E-state index is 0.00700. The fourth-order valence-corrected chi connectivity index (χ4v) is 4.04. The molecule has 144 valence electrons. The summed E-state index contributed by atoms with van der Waals surface area (Å²) in [6.45, 7) is 5.30. The first-order valence-corrected chi connectivity index (χ1v) is 10.1. The summed E-state index contributed by atoms with van der Waals surface area (Å²) in [6, 6.07) is 6.28. The van der Waals surface area contributed by atoms with Crippen molar-refractivity contribution in [1.82, 2.24) is 9.88 Å². The van der Waals surface area contributed by atoms with Gasteiger partial charge in [-0.15, -0.1) is 0 Å². The Morgan fingerprint density at radius 2 is 2.11 bits per heavy atom. The normalized spacial score (nSPS) is 23.0. The lowest BCUT2D eigenvalue weighted by atomic mass is 10.0. The van der Waals surface area contributed by atoms with Gasteiger partial charge in [0.2, 0.25) is 0 Å². The van der Waals surface area contributed by atoms with Crippen LogP contribution in [-0.4, -0.2) is 41.1 Å². The smallest absolute Gasteiger partial charge is 0.254 e. The van der Waals surface area contributed by atoms with E-state index in [9.17, 15) is 9.18 Å². The molecule has 5 heteroatoms. The third-order valence-corrected chi connectivity index (χ3v) is 5.64. The third-order valence-electron chi connectivity index (χ3n) is 5.64. The van der Waals surface area contributed by atoms with Gasteiger partial charge in [0.05, 0.1) is 23.3 Å². The van der Waals surface area contributed by atoms with Gasteiger partial charge in [-0.2, -0.15) is 0 Å². The van der Waals surface area contributed by atoms with Crippen molar-refractivity contribution in [2.75, 3.05) is 13.1 Å². The second kappa shape index (κ2) is 7.55. The molecule has 1 saturated carbocycles. The molecule has 1 aromatic heterocycles. The summed E-state index contributed by atoms with van der Waals surface area (Å²) in [7, 11) is 0. The van der Waals surface area contributed by atoms with Gasteiger partial charge in [0, 0.05) is 30.2 Å². The quantitative estimate of drug-likeness (QED) is 0.779. The predicted molar refractivity (Wildman–Crippen MR) is 103 cm³/mol. The van der Waals surface area contributed by atoms with Crippen molar-refractivity contribution in [3.63, 3.8) is 0 Å². The van der Waals surface area contributed by atoms with Crippen molar-refractivity contribution in [3.8, 4) is 0 Å². The van der Waals surface area contributed by atoms with Crippen molar-refractivity contribution in [2.45, 2.75) is 58.2 Å². The Bertz CT molecular complexity index is 844. The molecule has 2 heterocycles. The SMILES string of the molecule is CCCC[C@@H]1CN(C(=O)c2cc(C)nc3cc(F)ccc23)C[C@H](C2CC2)O1. The maximum absolute atomic E-state index is 13.6. The number of rotatable bonds is 5. The third kappa shape index (κ3) is 3.98. The molecule has 1 aliphatic carbocycles. The highest BCUT2D eigenvalue weighted by atomic mass is 19.1. The van der Waals surface area contributed by atoms with Crippen LogP contribution >= 0.6 is 0 Å². The molecular formula is C22H27FN2O2. The lowest BCUT2D eigenvalue weighted by molar-refractivity contribution is -0.0874. The van der Waals surface area contributed by atoms with Crippen molar-refractivity contribution in [3.05, 3.63) is 41.3 Å². The van der Waals surface area contributed by atoms with E-state index in [1.165, 1.54) is 25.0 Å². The molecule has 2 fully saturated rings. The fraction of sp³-hybridized carbons (Fsp3) is 0.545. The molecule has 4 nitrogen and oxygen atoms in total. The highest BCUT2D eigenvalue weighted by Crippen LogP contribution is 2.37. The monoisotopic (exact) mass is 370 g/mol. The maximum atomic E-state index is 13.6. The van der Waals surface area contributed by atoms with Crippen LogP contribution in [0.15, 0.2) is 24.3 Å². The van der Waals surface area contributed by atoms with Crippen LogP contribution < -0.4 is 0 Å². The van der Waals surface area contributed by atoms with E-state index in [2.05, 4.69) is 11.9 Å². The maximum Gasteiger partial charge on any atom is 0.254 e. The number of carbonyl (C=O) groups excluding carboxylic acids is 1. The number of halogens is 1. The van der Waals surface area contributed by atoms with Crippen LogP contribution in [0.25, 0.3) is 10.9 Å². The number of benzene rings is 1. The Hall–Kier alpha value is -2.01. The van der Waals surface area contributed by atoms with Crippen LogP contribution in [0.5, 0.6) is 0 Å². The summed E-state index contributed by atoms with van der Waals surface area (Å²) in [6.07, 6.45) is 5.89. The van der Waals surface area contributed by atoms with Crippen molar-refractivity contribution in [2.24, 2.45) is 5.92 Å². The first kappa shape index (κ1) is 18.4. The summed E-state index contributed by atoms with van der Waals surface area (Å²) in [5.41, 5.74) is 1.88. The Morgan fingerprint density at radius 3 is 2.85 bits per heavy atom. The van der Waals surface area contributed by atoms with Gasteiger partial charge in [0.25, 0.3) is 5.91 Å². The van der Waals surface area contributed by atoms with Crippen LogP contribution in [0.1, 0.15) is 55.1 Å². The van der Waals surface area contributed by atoms with Crippen molar-refractivity contribution in [1.29, 1.82) is 0 Å². The molecule has 1 saturated heterocycles. The number of morpholine rings is 1. The molecule has 0 unspecified atom stereocenters.